The first-order valence-corrected chi connectivity index (χ1v) is 14.7. The van der Waals surface area contributed by atoms with Crippen molar-refractivity contribution in [1.82, 2.24) is 9.13 Å². The van der Waals surface area contributed by atoms with Crippen molar-refractivity contribution in [2.24, 2.45) is 5.41 Å². The minimum Gasteiger partial charge on any atom is -0.340 e. The van der Waals surface area contributed by atoms with Crippen LogP contribution in [-0.4, -0.2) is 26.0 Å². The Morgan fingerprint density at radius 3 is 2.36 bits per heavy atom. The normalized spacial score (nSPS) is 16.3. The molecule has 0 saturated carbocycles. The van der Waals surface area contributed by atoms with Crippen LogP contribution in [0.25, 0.3) is 34.0 Å². The highest BCUT2D eigenvalue weighted by atomic mass is 32.1. The van der Waals surface area contributed by atoms with Crippen LogP contribution in [-0.2, 0) is 13.1 Å². The van der Waals surface area contributed by atoms with E-state index in [1.54, 1.807) is 11.3 Å². The summed E-state index contributed by atoms with van der Waals surface area (Å²) >= 11 is 1.56. The lowest BCUT2D eigenvalue weighted by Crippen LogP contribution is -2.33. The third kappa shape index (κ3) is 4.29. The van der Waals surface area contributed by atoms with Gasteiger partial charge in [0.25, 0.3) is 5.56 Å². The minimum absolute atomic E-state index is 0.0579. The van der Waals surface area contributed by atoms with E-state index >= 15 is 0 Å². The van der Waals surface area contributed by atoms with E-state index in [1.165, 1.54) is 21.8 Å². The summed E-state index contributed by atoms with van der Waals surface area (Å²) in [6, 6.07) is 15.2. The Hall–Kier alpha value is -3.70. The number of aryl methyl sites for hydroxylation is 1. The van der Waals surface area contributed by atoms with Crippen LogP contribution in [0.4, 0.5) is 0 Å². The molecule has 4 aromatic rings. The summed E-state index contributed by atoms with van der Waals surface area (Å²) in [6.07, 6.45) is 9.17. The molecule has 0 bridgehead atoms. The number of para-hydroxylation sites is 1. The summed E-state index contributed by atoms with van der Waals surface area (Å²) in [5, 5.41) is 2.49. The number of aromatic nitrogens is 2. The SMILES string of the molecule is C=CC1=C(C=C)C(C)(C)C(C=c2sc(=Cc3ccc4c(c3)c3ccccc3n4CCC)c(=O)n2CC)=[N+]1CC. The first-order valence-electron chi connectivity index (χ1n) is 13.9. The fourth-order valence-electron chi connectivity index (χ4n) is 6.09. The first kappa shape index (κ1) is 26.9. The summed E-state index contributed by atoms with van der Waals surface area (Å²) in [7, 11) is 0. The van der Waals surface area contributed by atoms with Crippen LogP contribution in [0, 0.1) is 5.41 Å². The van der Waals surface area contributed by atoms with Crippen LogP contribution >= 0.6 is 11.3 Å². The van der Waals surface area contributed by atoms with E-state index in [0.29, 0.717) is 6.54 Å². The van der Waals surface area contributed by atoms with Crippen molar-refractivity contribution in [2.75, 3.05) is 6.54 Å². The number of rotatable bonds is 8. The van der Waals surface area contributed by atoms with Gasteiger partial charge in [0.1, 0.15) is 11.2 Å². The van der Waals surface area contributed by atoms with Crippen molar-refractivity contribution < 1.29 is 4.58 Å². The van der Waals surface area contributed by atoms with Crippen LogP contribution in [0.3, 0.4) is 0 Å². The zero-order chi connectivity index (χ0) is 27.9. The Morgan fingerprint density at radius 2 is 1.69 bits per heavy atom. The van der Waals surface area contributed by atoms with Crippen LogP contribution in [0.15, 0.2) is 83.8 Å². The van der Waals surface area contributed by atoms with Gasteiger partial charge >= 0.3 is 0 Å². The topological polar surface area (TPSA) is 29.9 Å². The van der Waals surface area contributed by atoms with Gasteiger partial charge in [0.2, 0.25) is 5.70 Å². The maximum Gasteiger partial charge on any atom is 0.269 e. The summed E-state index contributed by atoms with van der Waals surface area (Å²) in [4.78, 5) is 13.6. The van der Waals surface area contributed by atoms with Crippen molar-refractivity contribution in [1.29, 1.82) is 0 Å². The molecule has 0 unspecified atom stereocenters. The minimum atomic E-state index is -0.235. The lowest BCUT2D eigenvalue weighted by molar-refractivity contribution is -0.464. The van der Waals surface area contributed by atoms with E-state index in [9.17, 15) is 4.79 Å². The van der Waals surface area contributed by atoms with Gasteiger partial charge < -0.3 is 4.57 Å². The summed E-state index contributed by atoms with van der Waals surface area (Å²) in [5.41, 5.74) is 6.78. The van der Waals surface area contributed by atoms with E-state index in [0.717, 1.165) is 51.3 Å². The largest absolute Gasteiger partial charge is 0.340 e. The van der Waals surface area contributed by atoms with Gasteiger partial charge in [-0.25, -0.2) is 0 Å². The van der Waals surface area contributed by atoms with Crippen molar-refractivity contribution in [3.63, 3.8) is 0 Å². The van der Waals surface area contributed by atoms with Gasteiger partial charge in [-0.05, 0) is 64.0 Å². The Kier molecular flexibility index (Phi) is 7.21. The number of nitrogens with zero attached hydrogens (tertiary/aromatic N) is 3. The van der Waals surface area contributed by atoms with Gasteiger partial charge in [0.15, 0.2) is 5.71 Å². The van der Waals surface area contributed by atoms with E-state index in [4.69, 9.17) is 0 Å². The van der Waals surface area contributed by atoms with Gasteiger partial charge in [-0.2, -0.15) is 4.58 Å². The van der Waals surface area contributed by atoms with Crippen molar-refractivity contribution in [3.05, 3.63) is 104 Å². The fourth-order valence-corrected chi connectivity index (χ4v) is 7.20. The van der Waals surface area contributed by atoms with Crippen molar-refractivity contribution in [2.45, 2.75) is 54.1 Å². The average Bonchev–Trinajstić information content (AvgIpc) is 3.48. The molecule has 0 amide bonds. The number of likely N-dealkylation sites (N-methyl/N-ethyl adjacent to an activating group) is 1. The second kappa shape index (κ2) is 10.5. The van der Waals surface area contributed by atoms with Gasteiger partial charge in [-0.15, -0.1) is 11.3 Å². The highest BCUT2D eigenvalue weighted by Crippen LogP contribution is 2.38. The van der Waals surface area contributed by atoms with Gasteiger partial charge in [-0.3, -0.25) is 9.36 Å². The monoisotopic (exact) mass is 536 g/mol. The molecule has 5 rings (SSSR count). The highest BCUT2D eigenvalue weighted by molar-refractivity contribution is 7.07. The van der Waals surface area contributed by atoms with E-state index in [1.807, 2.05) is 29.7 Å². The molecule has 0 aliphatic carbocycles. The second-order valence-corrected chi connectivity index (χ2v) is 11.6. The number of fused-ring (bicyclic) bond motifs is 3. The summed E-state index contributed by atoms with van der Waals surface area (Å²) in [6.45, 7) is 21.4. The lowest BCUT2D eigenvalue weighted by Gasteiger charge is -2.16. The predicted molar refractivity (Wildman–Crippen MR) is 168 cm³/mol. The Balaban J connectivity index is 1.70. The zero-order valence-corrected chi connectivity index (χ0v) is 24.6. The number of allylic oxidation sites excluding steroid dienone is 3. The van der Waals surface area contributed by atoms with Crippen LogP contribution in [0.2, 0.25) is 0 Å². The molecule has 200 valence electrons. The quantitative estimate of drug-likeness (QED) is 0.247. The number of hydrogen-bond acceptors (Lipinski definition) is 2. The molecule has 0 fully saturated rings. The highest BCUT2D eigenvalue weighted by Gasteiger charge is 2.44. The zero-order valence-electron chi connectivity index (χ0n) is 23.8. The Bertz CT molecular complexity index is 1870. The molecule has 0 radical (unpaired) electrons. The fraction of sp³-hybridized carbons (Fsp3) is 0.294. The lowest BCUT2D eigenvalue weighted by atomic mass is 9.80. The molecule has 1 aliphatic rings. The van der Waals surface area contributed by atoms with E-state index in [2.05, 4.69) is 98.5 Å². The standard InChI is InChI=1S/C34H38N3OS/c1-8-19-37-28-16-14-13-15-24(28)25-20-23(17-18-29(25)37)21-30-33(38)36(12-5)32(39-30)22-31-34(6,7)26(9-2)27(10-3)35(31)11-4/h9-10,13-18,20-22H,2-3,8,11-12,19H2,1,4-7H3/q+1. The van der Waals surface area contributed by atoms with Crippen LogP contribution in [0.1, 0.15) is 46.6 Å². The van der Waals surface area contributed by atoms with Crippen molar-refractivity contribution >= 4 is 51.0 Å². The number of benzene rings is 2. The molecule has 0 N–H and O–H groups in total. The Labute approximate surface area is 234 Å². The molecular weight excluding hydrogens is 498 g/mol. The summed E-state index contributed by atoms with van der Waals surface area (Å²) < 4.78 is 8.29. The molecule has 39 heavy (non-hydrogen) atoms. The van der Waals surface area contributed by atoms with Crippen molar-refractivity contribution in [3.8, 4) is 0 Å². The van der Waals surface area contributed by atoms with Gasteiger partial charge in [0, 0.05) is 52.6 Å². The Morgan fingerprint density at radius 1 is 0.949 bits per heavy atom. The third-order valence-electron chi connectivity index (χ3n) is 7.94. The van der Waals surface area contributed by atoms with Gasteiger partial charge in [0.05, 0.1) is 9.95 Å². The average molecular weight is 537 g/mol. The second-order valence-electron chi connectivity index (χ2n) is 10.5. The molecule has 0 spiro atoms. The molecule has 0 atom stereocenters. The van der Waals surface area contributed by atoms with Gasteiger partial charge in [-0.1, -0.05) is 50.4 Å². The molecule has 2 aromatic heterocycles. The van der Waals surface area contributed by atoms with E-state index in [-0.39, 0.29) is 11.0 Å². The maximum absolute atomic E-state index is 13.6. The molecular formula is C34H38N3OS+. The molecule has 1 aliphatic heterocycles. The van der Waals surface area contributed by atoms with Crippen LogP contribution < -0.4 is 14.8 Å². The molecule has 0 saturated heterocycles. The predicted octanol–water partition coefficient (Wildman–Crippen LogP) is 6.20. The molecule has 2 aromatic carbocycles. The third-order valence-corrected chi connectivity index (χ3v) is 9.00. The first-order chi connectivity index (χ1) is 18.8. The molecule has 4 nitrogen and oxygen atoms in total. The number of hydrogen-bond donors (Lipinski definition) is 0. The smallest absolute Gasteiger partial charge is 0.269 e. The molecule has 5 heteroatoms. The van der Waals surface area contributed by atoms with E-state index < -0.39 is 0 Å². The number of thiazole rings is 1. The maximum atomic E-state index is 13.6. The van der Waals surface area contributed by atoms with Crippen LogP contribution in [0.5, 0.6) is 0 Å². The summed E-state index contributed by atoms with van der Waals surface area (Å²) in [5.74, 6) is 0. The molecule has 3 heterocycles.